The van der Waals surface area contributed by atoms with Crippen molar-refractivity contribution in [3.8, 4) is 11.5 Å². The van der Waals surface area contributed by atoms with Crippen LogP contribution in [0, 0.1) is 5.92 Å². The van der Waals surface area contributed by atoms with Gasteiger partial charge in [-0.05, 0) is 34.6 Å². The lowest BCUT2D eigenvalue weighted by Gasteiger charge is -2.24. The van der Waals surface area contributed by atoms with Crippen LogP contribution in [-0.4, -0.2) is 43.3 Å². The Morgan fingerprint density at radius 1 is 1.33 bits per heavy atom. The molecule has 6 heteroatoms. The van der Waals surface area contributed by atoms with Gasteiger partial charge in [-0.25, -0.2) is 0 Å². The fourth-order valence-electron chi connectivity index (χ4n) is 2.06. The summed E-state index contributed by atoms with van der Waals surface area (Å²) in [5.74, 6) is 0.291. The summed E-state index contributed by atoms with van der Waals surface area (Å²) in [6.07, 6.45) is 0. The van der Waals surface area contributed by atoms with Gasteiger partial charge in [0.1, 0.15) is 11.5 Å². The van der Waals surface area contributed by atoms with Gasteiger partial charge in [-0.1, -0.05) is 13.8 Å². The number of halogens is 1. The Balaban J connectivity index is 2.95. The van der Waals surface area contributed by atoms with Crippen LogP contribution in [0.4, 0.5) is 0 Å². The molecular weight excluding hydrogens is 338 g/mol. The van der Waals surface area contributed by atoms with Crippen LogP contribution in [0.2, 0.25) is 0 Å². The number of carboxylic acid groups (broad SMARTS) is 1. The molecule has 118 valence electrons. The average molecular weight is 360 g/mol. The van der Waals surface area contributed by atoms with Crippen LogP contribution in [-0.2, 0) is 11.3 Å². The van der Waals surface area contributed by atoms with Crippen molar-refractivity contribution in [1.29, 1.82) is 0 Å². The highest BCUT2D eigenvalue weighted by atomic mass is 79.9. The number of carbonyl (C=O) groups is 1. The molecule has 0 heterocycles. The highest BCUT2D eigenvalue weighted by Gasteiger charge is 2.17. The van der Waals surface area contributed by atoms with Gasteiger partial charge in [-0.15, -0.1) is 0 Å². The largest absolute Gasteiger partial charge is 0.496 e. The molecule has 1 rings (SSSR count). The zero-order chi connectivity index (χ0) is 16.0. The first-order valence-electron chi connectivity index (χ1n) is 6.78. The minimum atomic E-state index is -0.784. The Kier molecular flexibility index (Phi) is 6.98. The van der Waals surface area contributed by atoms with Gasteiger partial charge in [-0.3, -0.25) is 9.69 Å². The number of rotatable bonds is 8. The minimum absolute atomic E-state index is 0.409. The zero-order valence-electron chi connectivity index (χ0n) is 12.9. The van der Waals surface area contributed by atoms with E-state index in [9.17, 15) is 4.79 Å². The maximum atomic E-state index is 11.0. The Bertz CT molecular complexity index is 493. The van der Waals surface area contributed by atoms with Crippen molar-refractivity contribution in [2.75, 3.05) is 27.3 Å². The van der Waals surface area contributed by atoms with E-state index in [-0.39, 0.29) is 0 Å². The average Bonchev–Trinajstić information content (AvgIpc) is 2.47. The summed E-state index contributed by atoms with van der Waals surface area (Å²) >= 11 is 3.43. The van der Waals surface area contributed by atoms with E-state index in [1.54, 1.807) is 21.1 Å². The highest BCUT2D eigenvalue weighted by Crippen LogP contribution is 2.33. The number of carboxylic acids is 1. The summed E-state index contributed by atoms with van der Waals surface area (Å²) in [6.45, 7) is 5.59. The Morgan fingerprint density at radius 3 is 2.43 bits per heavy atom. The normalized spacial score (nSPS) is 12.3. The van der Waals surface area contributed by atoms with Crippen molar-refractivity contribution >= 4 is 21.9 Å². The summed E-state index contributed by atoms with van der Waals surface area (Å²) in [6, 6.07) is 3.78. The smallest absolute Gasteiger partial charge is 0.307 e. The SMILES string of the molecule is CCN(Cc1cc(OC)c(Br)cc1OC)CC(C)C(=O)O. The third-order valence-electron chi connectivity index (χ3n) is 3.35. The first-order valence-corrected chi connectivity index (χ1v) is 7.57. The van der Waals surface area contributed by atoms with Gasteiger partial charge < -0.3 is 14.6 Å². The summed E-state index contributed by atoms with van der Waals surface area (Å²) in [4.78, 5) is 13.1. The lowest BCUT2D eigenvalue weighted by molar-refractivity contribution is -0.141. The lowest BCUT2D eigenvalue weighted by atomic mass is 10.1. The number of nitrogens with zero attached hydrogens (tertiary/aromatic N) is 1. The minimum Gasteiger partial charge on any atom is -0.496 e. The topological polar surface area (TPSA) is 59.0 Å². The Labute approximate surface area is 134 Å². The lowest BCUT2D eigenvalue weighted by Crippen LogP contribution is -2.31. The van der Waals surface area contributed by atoms with Crippen molar-refractivity contribution < 1.29 is 19.4 Å². The molecule has 0 amide bonds. The molecule has 5 nitrogen and oxygen atoms in total. The second-order valence-electron chi connectivity index (χ2n) is 4.87. The van der Waals surface area contributed by atoms with Crippen molar-refractivity contribution in [1.82, 2.24) is 4.90 Å². The van der Waals surface area contributed by atoms with Crippen molar-refractivity contribution in [3.63, 3.8) is 0 Å². The monoisotopic (exact) mass is 359 g/mol. The van der Waals surface area contributed by atoms with E-state index < -0.39 is 11.9 Å². The van der Waals surface area contributed by atoms with Gasteiger partial charge in [0, 0.05) is 18.7 Å². The van der Waals surface area contributed by atoms with Gasteiger partial charge in [0.15, 0.2) is 0 Å². The second kappa shape index (κ2) is 8.24. The molecule has 0 aliphatic heterocycles. The molecule has 0 saturated carbocycles. The zero-order valence-corrected chi connectivity index (χ0v) is 14.4. The molecule has 0 spiro atoms. The summed E-state index contributed by atoms with van der Waals surface area (Å²) in [7, 11) is 3.23. The fourth-order valence-corrected chi connectivity index (χ4v) is 2.54. The predicted molar refractivity (Wildman–Crippen MR) is 85.0 cm³/mol. The van der Waals surface area contributed by atoms with Gasteiger partial charge in [0.2, 0.25) is 0 Å². The standard InChI is InChI=1S/C15H22BrNO4/c1-5-17(8-10(2)15(18)19)9-11-6-14(21-4)12(16)7-13(11)20-3/h6-7,10H,5,8-9H2,1-4H3,(H,18,19). The Morgan fingerprint density at radius 2 is 1.95 bits per heavy atom. The van der Waals surface area contributed by atoms with Crippen LogP contribution in [0.15, 0.2) is 16.6 Å². The third kappa shape index (κ3) is 4.89. The van der Waals surface area contributed by atoms with E-state index in [1.807, 2.05) is 19.1 Å². The number of hydrogen-bond donors (Lipinski definition) is 1. The number of methoxy groups -OCH3 is 2. The molecule has 1 atom stereocenters. The Hall–Kier alpha value is -1.27. The predicted octanol–water partition coefficient (Wildman–Crippen LogP) is 3.01. The van der Waals surface area contributed by atoms with Crippen LogP contribution < -0.4 is 9.47 Å². The molecule has 0 saturated heterocycles. The second-order valence-corrected chi connectivity index (χ2v) is 5.72. The molecule has 0 fully saturated rings. The first kappa shape index (κ1) is 17.8. The van der Waals surface area contributed by atoms with Gasteiger partial charge in [-0.2, -0.15) is 0 Å². The number of benzene rings is 1. The fraction of sp³-hybridized carbons (Fsp3) is 0.533. The summed E-state index contributed by atoms with van der Waals surface area (Å²) in [5, 5.41) is 9.03. The summed E-state index contributed by atoms with van der Waals surface area (Å²) < 4.78 is 11.5. The number of aliphatic carboxylic acids is 1. The molecule has 1 N–H and O–H groups in total. The van der Waals surface area contributed by atoms with Crippen LogP contribution in [0.3, 0.4) is 0 Å². The molecule has 1 aromatic rings. The van der Waals surface area contributed by atoms with Crippen LogP contribution in [0.1, 0.15) is 19.4 Å². The van der Waals surface area contributed by atoms with Gasteiger partial charge in [0.05, 0.1) is 24.6 Å². The van der Waals surface area contributed by atoms with Crippen molar-refractivity contribution in [2.45, 2.75) is 20.4 Å². The molecular formula is C15H22BrNO4. The van der Waals surface area contributed by atoms with E-state index in [1.165, 1.54) is 0 Å². The first-order chi connectivity index (χ1) is 9.92. The highest BCUT2D eigenvalue weighted by molar-refractivity contribution is 9.10. The van der Waals surface area contributed by atoms with Crippen LogP contribution >= 0.6 is 15.9 Å². The maximum absolute atomic E-state index is 11.0. The number of ether oxygens (including phenoxy) is 2. The van der Waals surface area contributed by atoms with E-state index in [2.05, 4.69) is 20.8 Å². The van der Waals surface area contributed by atoms with Gasteiger partial charge >= 0.3 is 5.97 Å². The molecule has 21 heavy (non-hydrogen) atoms. The molecule has 0 bridgehead atoms. The molecule has 0 aromatic heterocycles. The maximum Gasteiger partial charge on any atom is 0.307 e. The van der Waals surface area contributed by atoms with E-state index >= 15 is 0 Å². The van der Waals surface area contributed by atoms with E-state index in [0.717, 1.165) is 28.1 Å². The molecule has 0 aliphatic carbocycles. The van der Waals surface area contributed by atoms with Crippen LogP contribution in [0.5, 0.6) is 11.5 Å². The van der Waals surface area contributed by atoms with Crippen LogP contribution in [0.25, 0.3) is 0 Å². The van der Waals surface area contributed by atoms with Crippen molar-refractivity contribution in [3.05, 3.63) is 22.2 Å². The van der Waals surface area contributed by atoms with Crippen molar-refractivity contribution in [2.24, 2.45) is 5.92 Å². The van der Waals surface area contributed by atoms with E-state index in [4.69, 9.17) is 14.6 Å². The number of hydrogen-bond acceptors (Lipinski definition) is 4. The molecule has 1 unspecified atom stereocenters. The molecule has 1 aromatic carbocycles. The quantitative estimate of drug-likeness (QED) is 0.772. The third-order valence-corrected chi connectivity index (χ3v) is 3.97. The summed E-state index contributed by atoms with van der Waals surface area (Å²) in [5.41, 5.74) is 0.969. The van der Waals surface area contributed by atoms with Gasteiger partial charge in [0.25, 0.3) is 0 Å². The van der Waals surface area contributed by atoms with E-state index in [0.29, 0.717) is 13.1 Å². The molecule has 0 aliphatic rings. The molecule has 0 radical (unpaired) electrons.